The summed E-state index contributed by atoms with van der Waals surface area (Å²) in [6.45, 7) is 9.59. The first kappa shape index (κ1) is 15.0. The Morgan fingerprint density at radius 2 is 1.88 bits per heavy atom. The van der Waals surface area contributed by atoms with Crippen molar-refractivity contribution in [1.82, 2.24) is 5.32 Å². The van der Waals surface area contributed by atoms with Crippen molar-refractivity contribution < 1.29 is 4.74 Å². The lowest BCUT2D eigenvalue weighted by molar-refractivity contribution is -0.0289. The number of nitrogens with one attached hydrogen (secondary N) is 1. The molecule has 1 N–H and O–H groups in total. The highest BCUT2D eigenvalue weighted by Gasteiger charge is 2.30. The second-order valence-corrected chi connectivity index (χ2v) is 6.44. The van der Waals surface area contributed by atoms with Crippen LogP contribution in [0.2, 0.25) is 0 Å². The normalized spacial score (nSPS) is 28.1. The second kappa shape index (κ2) is 6.75. The summed E-state index contributed by atoms with van der Waals surface area (Å²) in [5.74, 6) is 1.70. The molecule has 1 fully saturated rings. The lowest BCUT2D eigenvalue weighted by Gasteiger charge is -2.37. The van der Waals surface area contributed by atoms with Crippen LogP contribution in [0, 0.1) is 11.8 Å². The highest BCUT2D eigenvalue weighted by molar-refractivity contribution is 4.84. The third-order valence-corrected chi connectivity index (χ3v) is 4.08. The van der Waals surface area contributed by atoms with E-state index in [1.165, 1.54) is 32.1 Å². The van der Waals surface area contributed by atoms with Crippen LogP contribution < -0.4 is 5.32 Å². The van der Waals surface area contributed by atoms with Crippen molar-refractivity contribution in [2.45, 2.75) is 71.4 Å². The number of hydrogen-bond donors (Lipinski definition) is 1. The van der Waals surface area contributed by atoms with Crippen LogP contribution in [0.3, 0.4) is 0 Å². The van der Waals surface area contributed by atoms with E-state index in [0.717, 1.165) is 18.4 Å². The van der Waals surface area contributed by atoms with Gasteiger partial charge in [0.2, 0.25) is 0 Å². The van der Waals surface area contributed by atoms with Gasteiger partial charge >= 0.3 is 0 Å². The average Bonchev–Trinajstić information content (AvgIpc) is 2.29. The minimum atomic E-state index is -0.0223. The van der Waals surface area contributed by atoms with Gasteiger partial charge in [0, 0.05) is 6.04 Å². The van der Waals surface area contributed by atoms with Crippen molar-refractivity contribution in [3.05, 3.63) is 0 Å². The van der Waals surface area contributed by atoms with Crippen molar-refractivity contribution in [3.8, 4) is 0 Å². The molecule has 0 radical (unpaired) electrons. The number of hydrogen-bond acceptors (Lipinski definition) is 2. The van der Waals surface area contributed by atoms with Crippen LogP contribution in [0.4, 0.5) is 0 Å². The molecule has 102 valence electrons. The summed E-state index contributed by atoms with van der Waals surface area (Å²) in [6.07, 6.45) is 6.92. The molecule has 0 aromatic rings. The largest absolute Gasteiger partial charge is 0.374 e. The van der Waals surface area contributed by atoms with Gasteiger partial charge in [0.25, 0.3) is 0 Å². The van der Waals surface area contributed by atoms with E-state index in [4.69, 9.17) is 4.74 Å². The first-order valence-corrected chi connectivity index (χ1v) is 7.29. The van der Waals surface area contributed by atoms with E-state index < -0.39 is 0 Å². The van der Waals surface area contributed by atoms with Crippen LogP contribution in [-0.2, 0) is 4.74 Å². The molecule has 2 heteroatoms. The Kier molecular flexibility index (Phi) is 5.94. The first-order chi connectivity index (χ1) is 7.98. The summed E-state index contributed by atoms with van der Waals surface area (Å²) in [6, 6.07) is 0.527. The van der Waals surface area contributed by atoms with Gasteiger partial charge in [0.05, 0.1) is 12.2 Å². The summed E-state index contributed by atoms with van der Waals surface area (Å²) < 4.78 is 5.97. The van der Waals surface area contributed by atoms with Gasteiger partial charge in [-0.05, 0) is 46.1 Å². The Bertz CT molecular complexity index is 209. The zero-order valence-corrected chi connectivity index (χ0v) is 12.4. The van der Waals surface area contributed by atoms with Crippen LogP contribution in [0.1, 0.15) is 59.8 Å². The standard InChI is InChI=1S/C15H31NO/c1-6-12-9-7-8-10-13(12)14(16-5)11-17-15(2,3)4/h12-14,16H,6-11H2,1-5H3. The molecule has 0 heterocycles. The molecule has 3 atom stereocenters. The highest BCUT2D eigenvalue weighted by atomic mass is 16.5. The Morgan fingerprint density at radius 3 is 2.41 bits per heavy atom. The maximum atomic E-state index is 5.97. The predicted octanol–water partition coefficient (Wildman–Crippen LogP) is 3.61. The van der Waals surface area contributed by atoms with Crippen LogP contribution in [-0.4, -0.2) is 25.3 Å². The molecule has 0 saturated heterocycles. The van der Waals surface area contributed by atoms with E-state index in [-0.39, 0.29) is 5.60 Å². The minimum absolute atomic E-state index is 0.0223. The predicted molar refractivity (Wildman–Crippen MR) is 74.3 cm³/mol. The van der Waals surface area contributed by atoms with Gasteiger partial charge in [-0.25, -0.2) is 0 Å². The number of likely N-dealkylation sites (N-methyl/N-ethyl adjacent to an activating group) is 1. The fraction of sp³-hybridized carbons (Fsp3) is 1.00. The van der Waals surface area contributed by atoms with E-state index in [9.17, 15) is 0 Å². The minimum Gasteiger partial charge on any atom is -0.374 e. The third-order valence-electron chi connectivity index (χ3n) is 4.08. The summed E-state index contributed by atoms with van der Waals surface area (Å²) in [7, 11) is 2.08. The summed E-state index contributed by atoms with van der Waals surface area (Å²) in [4.78, 5) is 0. The van der Waals surface area contributed by atoms with E-state index in [2.05, 4.69) is 40.1 Å². The van der Waals surface area contributed by atoms with Gasteiger partial charge < -0.3 is 10.1 Å². The van der Waals surface area contributed by atoms with Crippen LogP contribution in [0.5, 0.6) is 0 Å². The van der Waals surface area contributed by atoms with Gasteiger partial charge in [-0.15, -0.1) is 0 Å². The lowest BCUT2D eigenvalue weighted by Crippen LogP contribution is -2.44. The molecular formula is C15H31NO. The number of rotatable bonds is 5. The second-order valence-electron chi connectivity index (χ2n) is 6.44. The first-order valence-electron chi connectivity index (χ1n) is 7.29. The molecule has 0 spiro atoms. The highest BCUT2D eigenvalue weighted by Crippen LogP contribution is 2.34. The van der Waals surface area contributed by atoms with Gasteiger partial charge in [-0.3, -0.25) is 0 Å². The van der Waals surface area contributed by atoms with E-state index >= 15 is 0 Å². The molecule has 0 aromatic carbocycles. The van der Waals surface area contributed by atoms with Crippen LogP contribution >= 0.6 is 0 Å². The molecule has 1 rings (SSSR count). The monoisotopic (exact) mass is 241 g/mol. The van der Waals surface area contributed by atoms with Crippen LogP contribution in [0.25, 0.3) is 0 Å². The molecule has 2 nitrogen and oxygen atoms in total. The molecule has 3 unspecified atom stereocenters. The molecule has 17 heavy (non-hydrogen) atoms. The van der Waals surface area contributed by atoms with E-state index in [1.807, 2.05) is 0 Å². The van der Waals surface area contributed by atoms with Crippen molar-refractivity contribution >= 4 is 0 Å². The zero-order valence-electron chi connectivity index (χ0n) is 12.4. The van der Waals surface area contributed by atoms with Gasteiger partial charge in [-0.1, -0.05) is 32.6 Å². The quantitative estimate of drug-likeness (QED) is 0.794. The fourth-order valence-corrected chi connectivity index (χ4v) is 3.03. The topological polar surface area (TPSA) is 21.3 Å². The molecule has 1 aliphatic carbocycles. The third kappa shape index (κ3) is 4.97. The van der Waals surface area contributed by atoms with Crippen LogP contribution in [0.15, 0.2) is 0 Å². The van der Waals surface area contributed by atoms with E-state index in [1.54, 1.807) is 0 Å². The molecule has 0 amide bonds. The van der Waals surface area contributed by atoms with Crippen molar-refractivity contribution in [2.75, 3.05) is 13.7 Å². The molecule has 1 aliphatic rings. The summed E-state index contributed by atoms with van der Waals surface area (Å²) >= 11 is 0. The SMILES string of the molecule is CCC1CCCCC1C(COC(C)(C)C)NC. The molecule has 0 aromatic heterocycles. The van der Waals surface area contributed by atoms with Crippen molar-refractivity contribution in [1.29, 1.82) is 0 Å². The van der Waals surface area contributed by atoms with Crippen molar-refractivity contribution in [2.24, 2.45) is 11.8 Å². The van der Waals surface area contributed by atoms with Gasteiger partial charge in [0.1, 0.15) is 0 Å². The molecule has 0 bridgehead atoms. The Balaban J connectivity index is 2.52. The smallest absolute Gasteiger partial charge is 0.0629 e. The zero-order chi connectivity index (χ0) is 12.9. The number of ether oxygens (including phenoxy) is 1. The Hall–Kier alpha value is -0.0800. The Labute approximate surface area is 108 Å². The fourth-order valence-electron chi connectivity index (χ4n) is 3.03. The average molecular weight is 241 g/mol. The van der Waals surface area contributed by atoms with E-state index in [0.29, 0.717) is 6.04 Å². The Morgan fingerprint density at radius 1 is 1.24 bits per heavy atom. The van der Waals surface area contributed by atoms with Crippen molar-refractivity contribution in [3.63, 3.8) is 0 Å². The molecule has 0 aliphatic heterocycles. The van der Waals surface area contributed by atoms with Gasteiger partial charge in [-0.2, -0.15) is 0 Å². The molecular weight excluding hydrogens is 210 g/mol. The maximum absolute atomic E-state index is 5.97. The maximum Gasteiger partial charge on any atom is 0.0629 e. The van der Waals surface area contributed by atoms with Gasteiger partial charge in [0.15, 0.2) is 0 Å². The summed E-state index contributed by atoms with van der Waals surface area (Å²) in [5.41, 5.74) is -0.0223. The lowest BCUT2D eigenvalue weighted by atomic mass is 9.74. The summed E-state index contributed by atoms with van der Waals surface area (Å²) in [5, 5.41) is 3.48. The molecule has 1 saturated carbocycles.